The third kappa shape index (κ3) is 4.65. The Labute approximate surface area is 158 Å². The third-order valence-electron chi connectivity index (χ3n) is 4.14. The number of halogens is 2. The van der Waals surface area contributed by atoms with Gasteiger partial charge in [0.25, 0.3) is 0 Å². The van der Waals surface area contributed by atoms with E-state index in [0.717, 1.165) is 12.1 Å². The molecule has 0 unspecified atom stereocenters. The van der Waals surface area contributed by atoms with Gasteiger partial charge in [-0.05, 0) is 42.3 Å². The largest absolute Gasteiger partial charge is 0.493 e. The van der Waals surface area contributed by atoms with Crippen molar-refractivity contribution in [3.63, 3.8) is 0 Å². The average Bonchev–Trinajstić information content (AvgIpc) is 2.64. The molecule has 3 rings (SSSR count). The number of rotatable bonds is 6. The first-order valence-corrected chi connectivity index (χ1v) is 8.25. The molecule has 2 N–H and O–H groups in total. The smallest absolute Gasteiger partial charge is 0.227 e. The molecule has 0 aliphatic carbocycles. The van der Waals surface area contributed by atoms with Gasteiger partial charge in [0.15, 0.2) is 11.5 Å². The summed E-state index contributed by atoms with van der Waals surface area (Å²) in [4.78, 5) is 12.1. The molecule has 0 bridgehead atoms. The van der Waals surface area contributed by atoms with Gasteiger partial charge in [-0.15, -0.1) is 12.4 Å². The van der Waals surface area contributed by atoms with Gasteiger partial charge in [-0.1, -0.05) is 18.2 Å². The summed E-state index contributed by atoms with van der Waals surface area (Å²) >= 11 is 0. The highest BCUT2D eigenvalue weighted by molar-refractivity contribution is 5.91. The number of anilines is 1. The summed E-state index contributed by atoms with van der Waals surface area (Å²) in [6, 6.07) is 10.7. The highest BCUT2D eigenvalue weighted by atomic mass is 35.5. The van der Waals surface area contributed by atoms with Gasteiger partial charge in [0.05, 0.1) is 25.8 Å². The van der Waals surface area contributed by atoms with Crippen LogP contribution in [-0.2, 0) is 17.8 Å². The van der Waals surface area contributed by atoms with Crippen LogP contribution in [0.15, 0.2) is 36.4 Å². The molecule has 1 heterocycles. The molecule has 5 nitrogen and oxygen atoms in total. The van der Waals surface area contributed by atoms with E-state index in [1.807, 2.05) is 18.2 Å². The number of ether oxygens (including phenoxy) is 2. The van der Waals surface area contributed by atoms with E-state index in [1.165, 1.54) is 0 Å². The zero-order valence-corrected chi connectivity index (χ0v) is 15.3. The Balaban J connectivity index is 0.00000243. The number of benzene rings is 2. The van der Waals surface area contributed by atoms with E-state index in [1.54, 1.807) is 25.3 Å². The van der Waals surface area contributed by atoms with Crippen molar-refractivity contribution < 1.29 is 18.7 Å². The second-order valence-corrected chi connectivity index (χ2v) is 5.79. The van der Waals surface area contributed by atoms with E-state index in [0.29, 0.717) is 30.0 Å². The number of para-hydroxylation sites is 2. The first-order chi connectivity index (χ1) is 12.2. The lowest BCUT2D eigenvalue weighted by Gasteiger charge is -2.19. The molecule has 0 radical (unpaired) electrons. The lowest BCUT2D eigenvalue weighted by Crippen LogP contribution is -2.25. The molecule has 7 heteroatoms. The quantitative estimate of drug-likeness (QED) is 0.807. The first kappa shape index (κ1) is 20.0. The minimum atomic E-state index is -0.335. The summed E-state index contributed by atoms with van der Waals surface area (Å²) in [5.74, 6) is 0.559. The van der Waals surface area contributed by atoms with Gasteiger partial charge < -0.3 is 20.1 Å². The predicted molar refractivity (Wildman–Crippen MR) is 101 cm³/mol. The number of hydrogen-bond acceptors (Lipinski definition) is 4. The summed E-state index contributed by atoms with van der Waals surface area (Å²) in [5, 5.41) is 5.83. The molecule has 0 atom stereocenters. The normalized spacial score (nSPS) is 12.5. The van der Waals surface area contributed by atoms with Crippen LogP contribution in [0.2, 0.25) is 0 Å². The highest BCUT2D eigenvalue weighted by Gasteiger charge is 2.17. The second kappa shape index (κ2) is 9.40. The Hall–Kier alpha value is -2.31. The summed E-state index contributed by atoms with van der Waals surface area (Å²) in [6.07, 6.45) is 0.748. The molecule has 1 amide bonds. The van der Waals surface area contributed by atoms with Crippen molar-refractivity contribution in [3.8, 4) is 11.5 Å². The van der Waals surface area contributed by atoms with Crippen LogP contribution in [0.25, 0.3) is 0 Å². The van der Waals surface area contributed by atoms with Crippen LogP contribution in [-0.4, -0.2) is 26.2 Å². The molecular weight excluding hydrogens is 359 g/mol. The molecule has 2 aromatic rings. The fourth-order valence-corrected chi connectivity index (χ4v) is 2.83. The van der Waals surface area contributed by atoms with Gasteiger partial charge in [-0.25, -0.2) is 4.39 Å². The number of hydrogen-bond donors (Lipinski definition) is 2. The van der Waals surface area contributed by atoms with Gasteiger partial charge >= 0.3 is 0 Å². The van der Waals surface area contributed by atoms with Gasteiger partial charge in [-0.2, -0.15) is 0 Å². The molecule has 0 aromatic heterocycles. The van der Waals surface area contributed by atoms with Crippen molar-refractivity contribution in [3.05, 3.63) is 53.3 Å². The Bertz CT molecular complexity index is 770. The molecule has 1 aliphatic heterocycles. The lowest BCUT2D eigenvalue weighted by atomic mass is 9.99. The number of fused-ring (bicyclic) bond motifs is 1. The minimum absolute atomic E-state index is 0. The summed E-state index contributed by atoms with van der Waals surface area (Å²) in [7, 11) is 1.56. The maximum absolute atomic E-state index is 14.5. The van der Waals surface area contributed by atoms with Crippen LogP contribution in [0.1, 0.15) is 17.5 Å². The maximum Gasteiger partial charge on any atom is 0.227 e. The van der Waals surface area contributed by atoms with Crippen molar-refractivity contribution >= 4 is 24.0 Å². The van der Waals surface area contributed by atoms with Gasteiger partial charge in [0.1, 0.15) is 5.82 Å². The molecule has 0 spiro atoms. The SMILES string of the molecule is COc1ccccc1OCCC(=O)Nc1ccc2c(c1F)CCNC2.Cl. The summed E-state index contributed by atoms with van der Waals surface area (Å²) in [6.45, 7) is 1.59. The molecule has 0 fully saturated rings. The van der Waals surface area contributed by atoms with Crippen molar-refractivity contribution in [1.29, 1.82) is 0 Å². The second-order valence-electron chi connectivity index (χ2n) is 5.79. The Kier molecular flexibility index (Phi) is 7.24. The minimum Gasteiger partial charge on any atom is -0.493 e. The Morgan fingerprint density at radius 3 is 2.77 bits per heavy atom. The van der Waals surface area contributed by atoms with Gasteiger partial charge in [0.2, 0.25) is 5.91 Å². The Morgan fingerprint density at radius 1 is 1.23 bits per heavy atom. The standard InChI is InChI=1S/C19H21FN2O3.ClH/c1-24-16-4-2-3-5-17(16)25-11-9-18(23)22-15-7-6-13-12-21-10-8-14(13)19(15)20;/h2-7,21H,8-12H2,1H3,(H,22,23);1H. The van der Waals surface area contributed by atoms with Crippen LogP contribution >= 0.6 is 12.4 Å². The number of methoxy groups -OCH3 is 1. The van der Waals surface area contributed by atoms with Crippen molar-refractivity contribution in [2.75, 3.05) is 25.6 Å². The highest BCUT2D eigenvalue weighted by Crippen LogP contribution is 2.26. The molecular formula is C19H22ClFN2O3. The topological polar surface area (TPSA) is 59.6 Å². The summed E-state index contributed by atoms with van der Waals surface area (Å²) in [5.41, 5.74) is 1.85. The fraction of sp³-hybridized carbons (Fsp3) is 0.316. The zero-order chi connectivity index (χ0) is 17.6. The van der Waals surface area contributed by atoms with Crippen molar-refractivity contribution in [2.45, 2.75) is 19.4 Å². The van der Waals surface area contributed by atoms with Crippen molar-refractivity contribution in [1.82, 2.24) is 5.32 Å². The first-order valence-electron chi connectivity index (χ1n) is 8.25. The number of carbonyl (C=O) groups is 1. The van der Waals surface area contributed by atoms with Crippen LogP contribution in [0.3, 0.4) is 0 Å². The maximum atomic E-state index is 14.5. The van der Waals surface area contributed by atoms with Crippen molar-refractivity contribution in [2.24, 2.45) is 0 Å². The van der Waals surface area contributed by atoms with E-state index in [-0.39, 0.29) is 42.8 Å². The number of nitrogens with one attached hydrogen (secondary N) is 2. The van der Waals surface area contributed by atoms with Crippen LogP contribution in [0.4, 0.5) is 10.1 Å². The molecule has 0 saturated carbocycles. The van der Waals surface area contributed by atoms with E-state index in [9.17, 15) is 9.18 Å². The predicted octanol–water partition coefficient (Wildman–Crippen LogP) is 3.31. The Morgan fingerprint density at radius 2 is 2.00 bits per heavy atom. The molecule has 1 aliphatic rings. The molecule has 2 aromatic carbocycles. The van der Waals surface area contributed by atoms with Gasteiger partial charge in [0, 0.05) is 6.54 Å². The lowest BCUT2D eigenvalue weighted by molar-refractivity contribution is -0.116. The molecule has 0 saturated heterocycles. The molecule has 140 valence electrons. The monoisotopic (exact) mass is 380 g/mol. The average molecular weight is 381 g/mol. The van der Waals surface area contributed by atoms with E-state index in [2.05, 4.69) is 10.6 Å². The fourth-order valence-electron chi connectivity index (χ4n) is 2.83. The van der Waals surface area contributed by atoms with E-state index >= 15 is 0 Å². The van der Waals surface area contributed by atoms with Gasteiger partial charge in [-0.3, -0.25) is 4.79 Å². The van der Waals surface area contributed by atoms with Crippen LogP contribution in [0.5, 0.6) is 11.5 Å². The van der Waals surface area contributed by atoms with E-state index < -0.39 is 0 Å². The van der Waals surface area contributed by atoms with Crippen LogP contribution < -0.4 is 20.1 Å². The van der Waals surface area contributed by atoms with Crippen LogP contribution in [0, 0.1) is 5.82 Å². The zero-order valence-electron chi connectivity index (χ0n) is 14.5. The number of carbonyl (C=O) groups excluding carboxylic acids is 1. The summed E-state index contributed by atoms with van der Waals surface area (Å²) < 4.78 is 25.3. The molecule has 26 heavy (non-hydrogen) atoms. The number of amides is 1. The third-order valence-corrected chi connectivity index (χ3v) is 4.14. The van der Waals surface area contributed by atoms with E-state index in [4.69, 9.17) is 9.47 Å².